The van der Waals surface area contributed by atoms with Crippen molar-refractivity contribution in [2.45, 2.75) is 11.1 Å². The highest BCUT2D eigenvalue weighted by molar-refractivity contribution is 7.89. The number of rotatable bonds is 5. The average molecular weight is 397 g/mol. The molecule has 0 saturated carbocycles. The van der Waals surface area contributed by atoms with E-state index in [0.717, 1.165) is 19.2 Å². The monoisotopic (exact) mass is 397 g/mol. The summed E-state index contributed by atoms with van der Waals surface area (Å²) >= 11 is 0. The highest BCUT2D eigenvalue weighted by Gasteiger charge is 2.34. The first-order valence-electron chi connectivity index (χ1n) is 7.49. The van der Waals surface area contributed by atoms with Crippen LogP contribution in [0.15, 0.2) is 53.4 Å². The van der Waals surface area contributed by atoms with Crippen LogP contribution in [0.1, 0.15) is 11.1 Å². The molecule has 10 heteroatoms. The summed E-state index contributed by atoms with van der Waals surface area (Å²) in [6, 6.07) is 11.5. The summed E-state index contributed by atoms with van der Waals surface area (Å²) in [5.74, 6) is -0.952. The van der Waals surface area contributed by atoms with E-state index in [1.807, 2.05) is 0 Å². The van der Waals surface area contributed by atoms with Crippen LogP contribution >= 0.6 is 0 Å². The molecule has 0 aliphatic rings. The molecule has 0 aliphatic carbocycles. The summed E-state index contributed by atoms with van der Waals surface area (Å²) < 4.78 is 64.6. The van der Waals surface area contributed by atoms with Gasteiger partial charge in [-0.05, 0) is 24.3 Å². The summed E-state index contributed by atoms with van der Waals surface area (Å²) in [5, 5.41) is 11.1. The standard InChI is InChI=1S/C17H14F3N3O3S/c1-23(27(25,26)15-9-5-2-6-12(15)10-21)11-16(24)22-14-8-4-3-7-13(14)17(18,19)20/h2-9H,11H2,1H3,(H,22,24). The topological polar surface area (TPSA) is 90.3 Å². The zero-order chi connectivity index (χ0) is 20.2. The van der Waals surface area contributed by atoms with E-state index in [-0.39, 0.29) is 10.5 Å². The minimum atomic E-state index is -4.67. The Morgan fingerprint density at radius 2 is 1.74 bits per heavy atom. The van der Waals surface area contributed by atoms with Gasteiger partial charge in [-0.2, -0.15) is 22.7 Å². The van der Waals surface area contributed by atoms with Gasteiger partial charge in [-0.1, -0.05) is 24.3 Å². The number of sulfonamides is 1. The summed E-state index contributed by atoms with van der Waals surface area (Å²) in [7, 11) is -3.08. The highest BCUT2D eigenvalue weighted by atomic mass is 32.2. The van der Waals surface area contributed by atoms with E-state index in [4.69, 9.17) is 5.26 Å². The van der Waals surface area contributed by atoms with Crippen molar-refractivity contribution in [2.75, 3.05) is 18.9 Å². The molecule has 6 nitrogen and oxygen atoms in total. The van der Waals surface area contributed by atoms with Gasteiger partial charge < -0.3 is 5.32 Å². The summed E-state index contributed by atoms with van der Waals surface area (Å²) in [6.45, 7) is -0.728. The molecule has 0 spiro atoms. The molecule has 0 atom stereocenters. The third kappa shape index (κ3) is 4.64. The smallest absolute Gasteiger partial charge is 0.324 e. The van der Waals surface area contributed by atoms with E-state index >= 15 is 0 Å². The maximum absolute atomic E-state index is 13.0. The van der Waals surface area contributed by atoms with Gasteiger partial charge in [0.2, 0.25) is 15.9 Å². The molecule has 0 aromatic heterocycles. The molecule has 0 aliphatic heterocycles. The molecule has 0 radical (unpaired) electrons. The zero-order valence-electron chi connectivity index (χ0n) is 14.0. The van der Waals surface area contributed by atoms with Gasteiger partial charge in [0, 0.05) is 7.05 Å². The Morgan fingerprint density at radius 1 is 1.15 bits per heavy atom. The van der Waals surface area contributed by atoms with E-state index in [1.54, 1.807) is 6.07 Å². The number of halogens is 3. The number of nitrogens with zero attached hydrogens (tertiary/aromatic N) is 2. The minimum absolute atomic E-state index is 0.104. The van der Waals surface area contributed by atoms with E-state index in [2.05, 4.69) is 5.32 Å². The largest absolute Gasteiger partial charge is 0.418 e. The SMILES string of the molecule is CN(CC(=O)Nc1ccccc1C(F)(F)F)S(=O)(=O)c1ccccc1C#N. The van der Waals surface area contributed by atoms with Gasteiger partial charge in [0.1, 0.15) is 6.07 Å². The molecule has 2 aromatic rings. The Morgan fingerprint density at radius 3 is 2.37 bits per heavy atom. The van der Waals surface area contributed by atoms with Crippen molar-refractivity contribution in [3.05, 3.63) is 59.7 Å². The van der Waals surface area contributed by atoms with Crippen LogP contribution in [0.3, 0.4) is 0 Å². The number of benzene rings is 2. The Labute approximate surface area is 153 Å². The number of likely N-dealkylation sites (N-methyl/N-ethyl adjacent to an activating group) is 1. The van der Waals surface area contributed by atoms with Gasteiger partial charge >= 0.3 is 6.18 Å². The fourth-order valence-corrected chi connectivity index (χ4v) is 3.53. The number of amides is 1. The number of nitrogens with one attached hydrogen (secondary N) is 1. The Hall–Kier alpha value is -2.90. The number of nitriles is 1. The molecule has 0 saturated heterocycles. The van der Waals surface area contributed by atoms with Gasteiger partial charge in [-0.15, -0.1) is 0 Å². The predicted molar refractivity (Wildman–Crippen MR) is 91.0 cm³/mol. The van der Waals surface area contributed by atoms with E-state index in [1.165, 1.54) is 36.4 Å². The first-order valence-corrected chi connectivity index (χ1v) is 8.93. The first-order chi connectivity index (χ1) is 12.6. The third-order valence-corrected chi connectivity index (χ3v) is 5.43. The number of alkyl halides is 3. The van der Waals surface area contributed by atoms with Crippen molar-refractivity contribution in [3.8, 4) is 6.07 Å². The van der Waals surface area contributed by atoms with E-state index < -0.39 is 39.9 Å². The van der Waals surface area contributed by atoms with Crippen molar-refractivity contribution >= 4 is 21.6 Å². The molecule has 0 fully saturated rings. The van der Waals surface area contributed by atoms with Gasteiger partial charge in [0.05, 0.1) is 28.3 Å². The molecule has 1 amide bonds. The second-order valence-electron chi connectivity index (χ2n) is 5.46. The Kier molecular flexibility index (Phi) is 5.88. The normalized spacial score (nSPS) is 11.9. The summed E-state index contributed by atoms with van der Waals surface area (Å²) in [5.41, 5.74) is -1.62. The van der Waals surface area contributed by atoms with Crippen LogP contribution in [0.2, 0.25) is 0 Å². The molecule has 2 rings (SSSR count). The number of hydrogen-bond donors (Lipinski definition) is 1. The van der Waals surface area contributed by atoms with Crippen LogP contribution in [0.5, 0.6) is 0 Å². The molecular formula is C17H14F3N3O3S. The summed E-state index contributed by atoms with van der Waals surface area (Å²) in [6.07, 6.45) is -4.67. The molecule has 2 aromatic carbocycles. The van der Waals surface area contributed by atoms with E-state index in [0.29, 0.717) is 4.31 Å². The maximum Gasteiger partial charge on any atom is 0.418 e. The molecule has 142 valence electrons. The lowest BCUT2D eigenvalue weighted by molar-refractivity contribution is -0.137. The van der Waals surface area contributed by atoms with Crippen molar-refractivity contribution in [1.82, 2.24) is 4.31 Å². The van der Waals surface area contributed by atoms with Crippen LogP contribution in [0, 0.1) is 11.3 Å². The zero-order valence-corrected chi connectivity index (χ0v) is 14.8. The minimum Gasteiger partial charge on any atom is -0.324 e. The van der Waals surface area contributed by atoms with Crippen LogP contribution in [0.25, 0.3) is 0 Å². The number of para-hydroxylation sites is 1. The number of anilines is 1. The van der Waals surface area contributed by atoms with Crippen LogP contribution in [0.4, 0.5) is 18.9 Å². The lowest BCUT2D eigenvalue weighted by Gasteiger charge is -2.18. The average Bonchev–Trinajstić information content (AvgIpc) is 2.61. The van der Waals surface area contributed by atoms with Crippen LogP contribution in [-0.2, 0) is 21.0 Å². The number of carbonyl (C=O) groups excluding carboxylic acids is 1. The molecule has 0 unspecified atom stereocenters. The number of carbonyl (C=O) groups is 1. The number of hydrogen-bond acceptors (Lipinski definition) is 4. The maximum atomic E-state index is 13.0. The third-order valence-electron chi connectivity index (χ3n) is 3.57. The molecule has 0 bridgehead atoms. The molecule has 1 N–H and O–H groups in total. The second-order valence-corrected chi connectivity index (χ2v) is 7.47. The van der Waals surface area contributed by atoms with Gasteiger partial charge in [-0.25, -0.2) is 8.42 Å². The Bertz CT molecular complexity index is 998. The van der Waals surface area contributed by atoms with Gasteiger partial charge in [0.15, 0.2) is 0 Å². The molecule has 27 heavy (non-hydrogen) atoms. The van der Waals surface area contributed by atoms with Gasteiger partial charge in [-0.3, -0.25) is 4.79 Å². The van der Waals surface area contributed by atoms with Gasteiger partial charge in [0.25, 0.3) is 0 Å². The first kappa shape index (κ1) is 20.4. The summed E-state index contributed by atoms with van der Waals surface area (Å²) in [4.78, 5) is 11.8. The lowest BCUT2D eigenvalue weighted by atomic mass is 10.1. The van der Waals surface area contributed by atoms with Crippen LogP contribution in [-0.4, -0.2) is 32.2 Å². The fourth-order valence-electron chi connectivity index (χ4n) is 2.27. The Balaban J connectivity index is 2.21. The molecular weight excluding hydrogens is 383 g/mol. The highest BCUT2D eigenvalue weighted by Crippen LogP contribution is 2.34. The van der Waals surface area contributed by atoms with Crippen molar-refractivity contribution in [1.29, 1.82) is 5.26 Å². The van der Waals surface area contributed by atoms with E-state index in [9.17, 15) is 26.4 Å². The van der Waals surface area contributed by atoms with Crippen molar-refractivity contribution in [3.63, 3.8) is 0 Å². The van der Waals surface area contributed by atoms with Crippen molar-refractivity contribution < 1.29 is 26.4 Å². The van der Waals surface area contributed by atoms with Crippen LogP contribution < -0.4 is 5.32 Å². The molecule has 0 heterocycles. The quantitative estimate of drug-likeness (QED) is 0.840. The second kappa shape index (κ2) is 7.77. The lowest BCUT2D eigenvalue weighted by Crippen LogP contribution is -2.35. The fraction of sp³-hybridized carbons (Fsp3) is 0.176. The predicted octanol–water partition coefficient (Wildman–Crippen LogP) is 2.84. The van der Waals surface area contributed by atoms with Crippen molar-refractivity contribution in [2.24, 2.45) is 0 Å².